The van der Waals surface area contributed by atoms with Crippen molar-refractivity contribution in [3.8, 4) is 6.07 Å². The highest BCUT2D eigenvalue weighted by Crippen LogP contribution is 2.27. The minimum absolute atomic E-state index is 0.343. The Morgan fingerprint density at radius 1 is 1.39 bits per heavy atom. The van der Waals surface area contributed by atoms with Crippen LogP contribution in [0.4, 0.5) is 5.82 Å². The zero-order valence-electron chi connectivity index (χ0n) is 11.1. The number of hydrogen-bond donors (Lipinski definition) is 1. The van der Waals surface area contributed by atoms with Crippen LogP contribution in [-0.4, -0.2) is 24.1 Å². The lowest BCUT2D eigenvalue weighted by atomic mass is 9.91. The third-order valence-corrected chi connectivity index (χ3v) is 3.87. The largest absolute Gasteiger partial charge is 0.356 e. The van der Waals surface area contributed by atoms with Crippen LogP contribution in [0.3, 0.4) is 0 Å². The zero-order chi connectivity index (χ0) is 13.1. The number of nitrogens with zero attached hydrogens (tertiary/aromatic N) is 3. The first-order valence-electron chi connectivity index (χ1n) is 6.47. The molecule has 0 spiro atoms. The molecule has 1 aliphatic rings. The Balaban J connectivity index is 2.21. The molecule has 4 heteroatoms. The number of nitrogens with two attached hydrogens (primary N) is 1. The first kappa shape index (κ1) is 12.8. The monoisotopic (exact) mass is 244 g/mol. The molecule has 2 N–H and O–H groups in total. The van der Waals surface area contributed by atoms with Gasteiger partial charge >= 0.3 is 0 Å². The van der Waals surface area contributed by atoms with E-state index in [9.17, 15) is 5.26 Å². The molecule has 1 saturated carbocycles. The van der Waals surface area contributed by atoms with E-state index in [-0.39, 0.29) is 0 Å². The lowest BCUT2D eigenvalue weighted by molar-refractivity contribution is 0.383. The molecule has 96 valence electrons. The molecule has 1 heterocycles. The normalized spacial score (nSPS) is 23.4. The molecule has 2 rings (SSSR count). The number of nitriles is 1. The molecule has 18 heavy (non-hydrogen) atoms. The molecule has 1 aromatic heterocycles. The Morgan fingerprint density at radius 2 is 2.06 bits per heavy atom. The summed E-state index contributed by atoms with van der Waals surface area (Å²) >= 11 is 0. The van der Waals surface area contributed by atoms with Crippen LogP contribution in [0, 0.1) is 18.3 Å². The number of pyridine rings is 1. The molecule has 0 amide bonds. The second-order valence-electron chi connectivity index (χ2n) is 5.12. The van der Waals surface area contributed by atoms with Gasteiger partial charge in [-0.1, -0.05) is 0 Å². The van der Waals surface area contributed by atoms with Gasteiger partial charge in [0.25, 0.3) is 0 Å². The Kier molecular flexibility index (Phi) is 3.83. The fourth-order valence-electron chi connectivity index (χ4n) is 2.61. The molecule has 0 radical (unpaired) electrons. The van der Waals surface area contributed by atoms with Gasteiger partial charge in [-0.25, -0.2) is 4.98 Å². The van der Waals surface area contributed by atoms with Crippen LogP contribution in [0.25, 0.3) is 0 Å². The third-order valence-electron chi connectivity index (χ3n) is 3.87. The van der Waals surface area contributed by atoms with Gasteiger partial charge in [-0.3, -0.25) is 0 Å². The first-order valence-corrected chi connectivity index (χ1v) is 6.47. The number of rotatable bonds is 2. The van der Waals surface area contributed by atoms with Gasteiger partial charge in [0.05, 0.1) is 5.56 Å². The minimum Gasteiger partial charge on any atom is -0.356 e. The number of aryl methyl sites for hydroxylation is 1. The third kappa shape index (κ3) is 2.46. The lowest BCUT2D eigenvalue weighted by Crippen LogP contribution is -2.39. The van der Waals surface area contributed by atoms with Crippen LogP contribution in [0.5, 0.6) is 0 Å². The van der Waals surface area contributed by atoms with Gasteiger partial charge in [0, 0.05) is 25.3 Å². The summed E-state index contributed by atoms with van der Waals surface area (Å²) in [6.45, 7) is 1.95. The summed E-state index contributed by atoms with van der Waals surface area (Å²) in [5.41, 5.74) is 7.61. The van der Waals surface area contributed by atoms with Gasteiger partial charge < -0.3 is 10.6 Å². The second kappa shape index (κ2) is 5.36. The van der Waals surface area contributed by atoms with E-state index in [0.717, 1.165) is 37.1 Å². The molecule has 0 bridgehead atoms. The van der Waals surface area contributed by atoms with E-state index in [0.29, 0.717) is 17.6 Å². The predicted molar refractivity (Wildman–Crippen MR) is 72.3 cm³/mol. The fraction of sp³-hybridized carbons (Fsp3) is 0.571. The molecule has 0 atom stereocenters. The standard InChI is InChI=1S/C14H20N4/c1-10-7-8-17-14(13(10)9-15)18(2)12-5-3-11(16)4-6-12/h7-8,11-12H,3-6,16H2,1-2H3. The van der Waals surface area contributed by atoms with Gasteiger partial charge in [0.2, 0.25) is 0 Å². The molecule has 1 aromatic rings. The summed E-state index contributed by atoms with van der Waals surface area (Å²) in [6, 6.07) is 4.94. The Morgan fingerprint density at radius 3 is 2.67 bits per heavy atom. The van der Waals surface area contributed by atoms with Crippen LogP contribution in [0.15, 0.2) is 12.3 Å². The van der Waals surface area contributed by atoms with Crippen molar-refractivity contribution in [2.75, 3.05) is 11.9 Å². The second-order valence-corrected chi connectivity index (χ2v) is 5.12. The van der Waals surface area contributed by atoms with Gasteiger partial charge in [-0.15, -0.1) is 0 Å². The van der Waals surface area contributed by atoms with E-state index in [2.05, 4.69) is 16.0 Å². The maximum Gasteiger partial charge on any atom is 0.146 e. The molecule has 0 aliphatic heterocycles. The number of anilines is 1. The van der Waals surface area contributed by atoms with Gasteiger partial charge in [0.15, 0.2) is 0 Å². The van der Waals surface area contributed by atoms with Crippen molar-refractivity contribution < 1.29 is 0 Å². The highest BCUT2D eigenvalue weighted by molar-refractivity contribution is 5.57. The molecular weight excluding hydrogens is 224 g/mol. The summed E-state index contributed by atoms with van der Waals surface area (Å²) in [4.78, 5) is 6.53. The molecule has 1 aliphatic carbocycles. The molecule has 1 fully saturated rings. The Bertz CT molecular complexity index is 455. The van der Waals surface area contributed by atoms with Crippen molar-refractivity contribution >= 4 is 5.82 Å². The summed E-state index contributed by atoms with van der Waals surface area (Å²) in [6.07, 6.45) is 6.05. The van der Waals surface area contributed by atoms with Crippen molar-refractivity contribution in [2.24, 2.45) is 5.73 Å². The van der Waals surface area contributed by atoms with E-state index >= 15 is 0 Å². The van der Waals surface area contributed by atoms with Crippen LogP contribution in [0.1, 0.15) is 36.8 Å². The van der Waals surface area contributed by atoms with Crippen molar-refractivity contribution in [1.82, 2.24) is 4.98 Å². The van der Waals surface area contributed by atoms with Crippen molar-refractivity contribution in [2.45, 2.75) is 44.7 Å². The molecule has 0 aromatic carbocycles. The highest BCUT2D eigenvalue weighted by atomic mass is 15.2. The van der Waals surface area contributed by atoms with Crippen LogP contribution < -0.4 is 10.6 Å². The maximum absolute atomic E-state index is 9.25. The minimum atomic E-state index is 0.343. The van der Waals surface area contributed by atoms with Gasteiger partial charge in [0.1, 0.15) is 11.9 Å². The quantitative estimate of drug-likeness (QED) is 0.863. The molecule has 0 unspecified atom stereocenters. The van der Waals surface area contributed by atoms with Gasteiger partial charge in [-0.2, -0.15) is 5.26 Å². The number of hydrogen-bond acceptors (Lipinski definition) is 4. The summed E-state index contributed by atoms with van der Waals surface area (Å²) in [5.74, 6) is 0.804. The van der Waals surface area contributed by atoms with Crippen molar-refractivity contribution in [3.63, 3.8) is 0 Å². The SMILES string of the molecule is Cc1ccnc(N(C)C2CCC(N)CC2)c1C#N. The van der Waals surface area contributed by atoms with Gasteiger partial charge in [-0.05, 0) is 44.2 Å². The molecule has 4 nitrogen and oxygen atoms in total. The topological polar surface area (TPSA) is 65.9 Å². The average Bonchev–Trinajstić information content (AvgIpc) is 2.38. The van der Waals surface area contributed by atoms with E-state index in [1.807, 2.05) is 20.0 Å². The predicted octanol–water partition coefficient (Wildman–Crippen LogP) is 1.97. The molecule has 0 saturated heterocycles. The van der Waals surface area contributed by atoms with E-state index in [4.69, 9.17) is 5.73 Å². The van der Waals surface area contributed by atoms with Crippen LogP contribution in [-0.2, 0) is 0 Å². The first-order chi connectivity index (χ1) is 8.63. The fourth-order valence-corrected chi connectivity index (χ4v) is 2.61. The summed E-state index contributed by atoms with van der Waals surface area (Å²) in [5, 5.41) is 9.25. The van der Waals surface area contributed by atoms with Crippen LogP contribution >= 0.6 is 0 Å². The Labute approximate surface area is 108 Å². The van der Waals surface area contributed by atoms with E-state index in [1.165, 1.54) is 0 Å². The lowest BCUT2D eigenvalue weighted by Gasteiger charge is -2.34. The Hall–Kier alpha value is -1.60. The van der Waals surface area contributed by atoms with E-state index in [1.54, 1.807) is 6.20 Å². The highest BCUT2D eigenvalue weighted by Gasteiger charge is 2.24. The summed E-state index contributed by atoms with van der Waals surface area (Å²) < 4.78 is 0. The average molecular weight is 244 g/mol. The molecular formula is C14H20N4. The van der Waals surface area contributed by atoms with Crippen molar-refractivity contribution in [1.29, 1.82) is 5.26 Å². The summed E-state index contributed by atoms with van der Waals surface area (Å²) in [7, 11) is 2.03. The van der Waals surface area contributed by atoms with Crippen LogP contribution in [0.2, 0.25) is 0 Å². The smallest absolute Gasteiger partial charge is 0.146 e. The maximum atomic E-state index is 9.25. The van der Waals surface area contributed by atoms with Crippen molar-refractivity contribution in [3.05, 3.63) is 23.4 Å². The van der Waals surface area contributed by atoms with E-state index < -0.39 is 0 Å². The number of aromatic nitrogens is 1. The zero-order valence-corrected chi connectivity index (χ0v) is 11.1.